The Labute approximate surface area is 131 Å². The molecule has 1 aliphatic rings. The molecule has 0 radical (unpaired) electrons. The highest BCUT2D eigenvalue weighted by Gasteiger charge is 2.32. The molecule has 7 heteroatoms. The molecule has 1 saturated heterocycles. The molecule has 0 saturated carbocycles. The monoisotopic (exact) mass is 356 g/mol. The van der Waals surface area contributed by atoms with Gasteiger partial charge in [0.1, 0.15) is 0 Å². The molecule has 0 aliphatic carbocycles. The lowest BCUT2D eigenvalue weighted by Crippen LogP contribution is -2.36. The Morgan fingerprint density at radius 1 is 1.57 bits per heavy atom. The van der Waals surface area contributed by atoms with Crippen molar-refractivity contribution in [2.45, 2.75) is 25.8 Å². The molecule has 1 fully saturated rings. The first-order valence-corrected chi connectivity index (χ1v) is 7.99. The number of nitrogens with zero attached hydrogens (tertiary/aromatic N) is 2. The van der Waals surface area contributed by atoms with E-state index < -0.39 is 4.92 Å². The predicted octanol–water partition coefficient (Wildman–Crippen LogP) is 2.99. The Hall–Kier alpha value is -1.63. The van der Waals surface area contributed by atoms with Crippen LogP contribution in [0.15, 0.2) is 18.2 Å². The van der Waals surface area contributed by atoms with Crippen LogP contribution in [0.25, 0.3) is 0 Å². The zero-order valence-electron chi connectivity index (χ0n) is 11.8. The van der Waals surface area contributed by atoms with Gasteiger partial charge in [-0.2, -0.15) is 0 Å². The minimum atomic E-state index is -0.520. The number of benzene rings is 1. The van der Waals surface area contributed by atoms with Crippen LogP contribution in [0.4, 0.5) is 5.69 Å². The summed E-state index contributed by atoms with van der Waals surface area (Å²) in [6, 6.07) is 4.59. The number of likely N-dealkylation sites (tertiary alicyclic amines) is 1. The van der Waals surface area contributed by atoms with Gasteiger partial charge in [-0.3, -0.25) is 14.9 Å². The molecule has 1 amide bonds. The van der Waals surface area contributed by atoms with E-state index in [-0.39, 0.29) is 35.6 Å². The number of alkyl halides is 1. The predicted molar refractivity (Wildman–Crippen MR) is 82.1 cm³/mol. The van der Waals surface area contributed by atoms with Gasteiger partial charge >= 0.3 is 5.69 Å². The van der Waals surface area contributed by atoms with Gasteiger partial charge < -0.3 is 9.64 Å². The maximum atomic E-state index is 12.7. The lowest BCUT2D eigenvalue weighted by Gasteiger charge is -2.24. The average Bonchev–Trinajstić information content (AvgIpc) is 2.95. The fraction of sp³-hybridized carbons (Fsp3) is 0.500. The highest BCUT2D eigenvalue weighted by atomic mass is 79.9. The Bertz CT molecular complexity index is 550. The van der Waals surface area contributed by atoms with E-state index in [9.17, 15) is 14.9 Å². The van der Waals surface area contributed by atoms with Gasteiger partial charge in [0, 0.05) is 24.0 Å². The van der Waals surface area contributed by atoms with Crippen molar-refractivity contribution in [1.29, 1.82) is 0 Å². The van der Waals surface area contributed by atoms with E-state index in [0.717, 1.165) is 12.8 Å². The zero-order chi connectivity index (χ0) is 15.4. The highest BCUT2D eigenvalue weighted by molar-refractivity contribution is 9.09. The third-order valence-corrected chi connectivity index (χ3v) is 4.27. The summed E-state index contributed by atoms with van der Waals surface area (Å²) in [5.41, 5.74) is 0.0937. The first-order chi connectivity index (χ1) is 10.1. The molecule has 0 bridgehead atoms. The molecule has 1 heterocycles. The number of carbonyl (C=O) groups excluding carboxylic acids is 1. The van der Waals surface area contributed by atoms with Crippen LogP contribution >= 0.6 is 15.9 Å². The van der Waals surface area contributed by atoms with Crippen LogP contribution in [-0.2, 0) is 0 Å². The summed E-state index contributed by atoms with van der Waals surface area (Å²) in [6.45, 7) is 2.68. The number of hydrogen-bond donors (Lipinski definition) is 0. The maximum Gasteiger partial charge on any atom is 0.311 e. The standard InChI is InChI=1S/C14H17BrN2O4/c1-2-21-13-11(6-3-7-12(13)17(19)20)14(18)16-8-4-5-10(16)9-15/h3,6-7,10H,2,4-5,8-9H2,1H3. The number of nitro groups is 1. The lowest BCUT2D eigenvalue weighted by molar-refractivity contribution is -0.385. The van der Waals surface area contributed by atoms with Crippen molar-refractivity contribution in [2.75, 3.05) is 18.5 Å². The van der Waals surface area contributed by atoms with E-state index in [4.69, 9.17) is 4.74 Å². The van der Waals surface area contributed by atoms with Gasteiger partial charge in [0.05, 0.1) is 17.1 Å². The largest absolute Gasteiger partial charge is 0.487 e. The van der Waals surface area contributed by atoms with Crippen molar-refractivity contribution in [3.05, 3.63) is 33.9 Å². The van der Waals surface area contributed by atoms with Gasteiger partial charge in [-0.05, 0) is 25.8 Å². The number of hydrogen-bond acceptors (Lipinski definition) is 4. The van der Waals surface area contributed by atoms with Gasteiger partial charge in [0.15, 0.2) is 0 Å². The fourth-order valence-corrected chi connectivity index (χ4v) is 3.22. The zero-order valence-corrected chi connectivity index (χ0v) is 13.3. The van der Waals surface area contributed by atoms with Gasteiger partial charge in [0.25, 0.3) is 5.91 Å². The molecule has 0 aromatic heterocycles. The minimum Gasteiger partial charge on any atom is -0.487 e. The van der Waals surface area contributed by atoms with Crippen molar-refractivity contribution in [1.82, 2.24) is 4.90 Å². The molecule has 1 atom stereocenters. The molecule has 0 spiro atoms. The molecule has 1 unspecified atom stereocenters. The molecule has 114 valence electrons. The second-order valence-electron chi connectivity index (χ2n) is 4.79. The summed E-state index contributed by atoms with van der Waals surface area (Å²) < 4.78 is 5.38. The molecule has 1 aromatic carbocycles. The molecule has 21 heavy (non-hydrogen) atoms. The summed E-state index contributed by atoms with van der Waals surface area (Å²) in [5.74, 6) is -0.140. The van der Waals surface area contributed by atoms with Gasteiger partial charge in [-0.1, -0.05) is 22.0 Å². The molecular weight excluding hydrogens is 340 g/mol. The second kappa shape index (κ2) is 6.89. The highest BCUT2D eigenvalue weighted by Crippen LogP contribution is 2.33. The quantitative estimate of drug-likeness (QED) is 0.461. The van der Waals surface area contributed by atoms with E-state index in [2.05, 4.69) is 15.9 Å². The molecule has 6 nitrogen and oxygen atoms in total. The van der Waals surface area contributed by atoms with E-state index in [1.807, 2.05) is 0 Å². The van der Waals surface area contributed by atoms with Crippen LogP contribution in [0, 0.1) is 10.1 Å². The first kappa shape index (κ1) is 15.8. The van der Waals surface area contributed by atoms with Gasteiger partial charge in [-0.15, -0.1) is 0 Å². The number of para-hydroxylation sites is 1. The van der Waals surface area contributed by atoms with E-state index in [1.165, 1.54) is 12.1 Å². The SMILES string of the molecule is CCOc1c(C(=O)N2CCCC2CBr)cccc1[N+](=O)[O-]. The summed E-state index contributed by atoms with van der Waals surface area (Å²) in [7, 11) is 0. The van der Waals surface area contributed by atoms with Crippen molar-refractivity contribution in [3.63, 3.8) is 0 Å². The normalized spacial score (nSPS) is 17.8. The van der Waals surface area contributed by atoms with Crippen LogP contribution in [0.2, 0.25) is 0 Å². The van der Waals surface area contributed by atoms with Crippen LogP contribution in [-0.4, -0.2) is 40.3 Å². The number of carbonyl (C=O) groups is 1. The first-order valence-electron chi connectivity index (χ1n) is 6.87. The minimum absolute atomic E-state index is 0.0650. The molecule has 1 aliphatic heterocycles. The summed E-state index contributed by atoms with van der Waals surface area (Å²) in [5, 5.41) is 11.8. The van der Waals surface area contributed by atoms with Crippen molar-refractivity contribution < 1.29 is 14.5 Å². The van der Waals surface area contributed by atoms with Crippen LogP contribution < -0.4 is 4.74 Å². The van der Waals surface area contributed by atoms with E-state index in [0.29, 0.717) is 11.9 Å². The molecule has 1 aromatic rings. The third kappa shape index (κ3) is 3.18. The van der Waals surface area contributed by atoms with Crippen LogP contribution in [0.3, 0.4) is 0 Å². The molecular formula is C14H17BrN2O4. The molecule has 0 N–H and O–H groups in total. The van der Waals surface area contributed by atoms with Crippen LogP contribution in [0.5, 0.6) is 5.75 Å². The number of nitro benzene ring substituents is 1. The second-order valence-corrected chi connectivity index (χ2v) is 5.44. The van der Waals surface area contributed by atoms with Crippen molar-refractivity contribution in [3.8, 4) is 5.75 Å². The van der Waals surface area contributed by atoms with Crippen molar-refractivity contribution >= 4 is 27.5 Å². The van der Waals surface area contributed by atoms with Crippen LogP contribution in [0.1, 0.15) is 30.1 Å². The Kier molecular flexibility index (Phi) is 5.17. The van der Waals surface area contributed by atoms with E-state index in [1.54, 1.807) is 17.9 Å². The fourth-order valence-electron chi connectivity index (χ4n) is 2.55. The number of amides is 1. The van der Waals surface area contributed by atoms with E-state index >= 15 is 0 Å². The topological polar surface area (TPSA) is 72.7 Å². The smallest absolute Gasteiger partial charge is 0.311 e. The Balaban J connectivity index is 2.40. The Morgan fingerprint density at radius 3 is 2.95 bits per heavy atom. The number of rotatable bonds is 5. The Morgan fingerprint density at radius 2 is 2.33 bits per heavy atom. The van der Waals surface area contributed by atoms with Crippen molar-refractivity contribution in [2.24, 2.45) is 0 Å². The summed E-state index contributed by atoms with van der Waals surface area (Å²) in [6.07, 6.45) is 1.89. The third-order valence-electron chi connectivity index (χ3n) is 3.53. The average molecular weight is 357 g/mol. The lowest BCUT2D eigenvalue weighted by atomic mass is 10.1. The maximum absolute atomic E-state index is 12.7. The number of ether oxygens (including phenoxy) is 1. The van der Waals surface area contributed by atoms with Gasteiger partial charge in [-0.25, -0.2) is 0 Å². The number of halogens is 1. The van der Waals surface area contributed by atoms with Gasteiger partial charge in [0.2, 0.25) is 5.75 Å². The summed E-state index contributed by atoms with van der Waals surface area (Å²) >= 11 is 3.41. The molecule has 2 rings (SSSR count). The summed E-state index contributed by atoms with van der Waals surface area (Å²) in [4.78, 5) is 25.0.